The van der Waals surface area contributed by atoms with E-state index in [2.05, 4.69) is 5.10 Å². The first-order valence-corrected chi connectivity index (χ1v) is 7.45. The third-order valence-electron chi connectivity index (χ3n) is 4.01. The molecule has 1 atom stereocenters. The number of hydrazone groups is 1. The standard InChI is InChI=1S/C18H16F2N2O2/c1-17(19,20)18(24)12-15(13-8-4-2-5-9-13)21-22(18)16(23)14-10-6-3-7-11-14/h2-11,24H,12H2,1H3. The molecular weight excluding hydrogens is 314 g/mol. The lowest BCUT2D eigenvalue weighted by Crippen LogP contribution is -2.57. The number of alkyl halides is 2. The molecule has 6 heteroatoms. The van der Waals surface area contributed by atoms with Crippen molar-refractivity contribution in [1.82, 2.24) is 5.01 Å². The fraction of sp³-hybridized carbons (Fsp3) is 0.222. The van der Waals surface area contributed by atoms with E-state index in [1.807, 2.05) is 0 Å². The molecule has 0 aliphatic carbocycles. The Bertz CT molecular complexity index is 773. The lowest BCUT2D eigenvalue weighted by molar-refractivity contribution is -0.222. The summed E-state index contributed by atoms with van der Waals surface area (Å²) < 4.78 is 28.2. The van der Waals surface area contributed by atoms with Crippen LogP contribution in [0.25, 0.3) is 0 Å². The Morgan fingerprint density at radius 2 is 1.67 bits per heavy atom. The summed E-state index contributed by atoms with van der Waals surface area (Å²) in [4.78, 5) is 12.6. The van der Waals surface area contributed by atoms with Crippen LogP contribution in [-0.2, 0) is 0 Å². The maximum atomic E-state index is 14.1. The van der Waals surface area contributed by atoms with E-state index in [-0.39, 0.29) is 11.3 Å². The fourth-order valence-corrected chi connectivity index (χ4v) is 2.60. The zero-order chi connectivity index (χ0) is 17.4. The van der Waals surface area contributed by atoms with E-state index in [9.17, 15) is 18.7 Å². The van der Waals surface area contributed by atoms with Crippen LogP contribution in [-0.4, -0.2) is 33.4 Å². The van der Waals surface area contributed by atoms with E-state index in [1.165, 1.54) is 12.1 Å². The van der Waals surface area contributed by atoms with Gasteiger partial charge in [0.1, 0.15) is 0 Å². The normalized spacial score (nSPS) is 20.8. The van der Waals surface area contributed by atoms with E-state index < -0.39 is 24.0 Å². The second-order valence-electron chi connectivity index (χ2n) is 5.78. The van der Waals surface area contributed by atoms with Crippen LogP contribution < -0.4 is 0 Å². The van der Waals surface area contributed by atoms with Gasteiger partial charge in [-0.25, -0.2) is 8.78 Å². The minimum atomic E-state index is -3.54. The van der Waals surface area contributed by atoms with Crippen molar-refractivity contribution in [2.24, 2.45) is 5.10 Å². The van der Waals surface area contributed by atoms with Gasteiger partial charge in [-0.15, -0.1) is 0 Å². The van der Waals surface area contributed by atoms with Crippen LogP contribution in [0.1, 0.15) is 29.3 Å². The van der Waals surface area contributed by atoms with Crippen molar-refractivity contribution in [2.45, 2.75) is 25.0 Å². The number of nitrogens with zero attached hydrogens (tertiary/aromatic N) is 2. The summed E-state index contributed by atoms with van der Waals surface area (Å²) in [6.45, 7) is 0.585. The van der Waals surface area contributed by atoms with Gasteiger partial charge in [0.2, 0.25) is 5.72 Å². The van der Waals surface area contributed by atoms with E-state index in [4.69, 9.17) is 0 Å². The molecule has 1 N–H and O–H groups in total. The SMILES string of the molecule is CC(F)(F)C1(O)CC(c2ccccc2)=NN1C(=O)c1ccccc1. The summed E-state index contributed by atoms with van der Waals surface area (Å²) in [5, 5.41) is 15.1. The minimum absolute atomic E-state index is 0.179. The van der Waals surface area contributed by atoms with Gasteiger partial charge in [0.15, 0.2) is 0 Å². The molecule has 4 nitrogen and oxygen atoms in total. The molecule has 2 aromatic carbocycles. The van der Waals surface area contributed by atoms with Crippen molar-refractivity contribution < 1.29 is 18.7 Å². The number of carbonyl (C=O) groups is 1. The molecule has 124 valence electrons. The summed E-state index contributed by atoms with van der Waals surface area (Å²) in [5.74, 6) is -4.32. The fourth-order valence-electron chi connectivity index (χ4n) is 2.60. The molecule has 0 aromatic heterocycles. The highest BCUT2D eigenvalue weighted by Crippen LogP contribution is 2.40. The summed E-state index contributed by atoms with van der Waals surface area (Å²) in [5.41, 5.74) is -1.70. The van der Waals surface area contributed by atoms with Crippen LogP contribution in [0.2, 0.25) is 0 Å². The van der Waals surface area contributed by atoms with E-state index in [0.717, 1.165) is 0 Å². The van der Waals surface area contributed by atoms with Crippen LogP contribution in [0.4, 0.5) is 8.78 Å². The second-order valence-corrected chi connectivity index (χ2v) is 5.78. The first-order valence-electron chi connectivity index (χ1n) is 7.45. The highest BCUT2D eigenvalue weighted by atomic mass is 19.3. The number of carbonyl (C=O) groups excluding carboxylic acids is 1. The number of amides is 1. The van der Waals surface area contributed by atoms with E-state index >= 15 is 0 Å². The predicted octanol–water partition coefficient (Wildman–Crippen LogP) is 3.28. The summed E-state index contributed by atoms with van der Waals surface area (Å²) in [6.07, 6.45) is -0.445. The lowest BCUT2D eigenvalue weighted by atomic mass is 9.96. The molecule has 1 unspecified atom stereocenters. The molecule has 1 amide bonds. The number of rotatable bonds is 3. The maximum absolute atomic E-state index is 14.1. The number of benzene rings is 2. The maximum Gasteiger partial charge on any atom is 0.294 e. The third-order valence-corrected chi connectivity index (χ3v) is 4.01. The molecule has 1 aliphatic rings. The molecular formula is C18H16F2N2O2. The quantitative estimate of drug-likeness (QED) is 0.939. The third kappa shape index (κ3) is 2.69. The van der Waals surface area contributed by atoms with Gasteiger partial charge in [0.25, 0.3) is 11.8 Å². The molecule has 0 radical (unpaired) electrons. The smallest absolute Gasteiger partial charge is 0.294 e. The molecule has 24 heavy (non-hydrogen) atoms. The van der Waals surface area contributed by atoms with Gasteiger partial charge >= 0.3 is 0 Å². The zero-order valence-electron chi connectivity index (χ0n) is 13.0. The van der Waals surface area contributed by atoms with Crippen LogP contribution >= 0.6 is 0 Å². The molecule has 1 heterocycles. The summed E-state index contributed by atoms with van der Waals surface area (Å²) >= 11 is 0. The monoisotopic (exact) mass is 330 g/mol. The van der Waals surface area contributed by atoms with Crippen LogP contribution in [0, 0.1) is 0 Å². The Morgan fingerprint density at radius 1 is 1.12 bits per heavy atom. The van der Waals surface area contributed by atoms with Crippen molar-refractivity contribution in [1.29, 1.82) is 0 Å². The predicted molar refractivity (Wildman–Crippen MR) is 85.8 cm³/mol. The van der Waals surface area contributed by atoms with Crippen LogP contribution in [0.5, 0.6) is 0 Å². The van der Waals surface area contributed by atoms with Gasteiger partial charge in [0.05, 0.1) is 5.71 Å². The average Bonchev–Trinajstić information content (AvgIpc) is 2.95. The van der Waals surface area contributed by atoms with Gasteiger partial charge in [-0.2, -0.15) is 10.1 Å². The van der Waals surface area contributed by atoms with Crippen molar-refractivity contribution in [2.75, 3.05) is 0 Å². The number of hydrogen-bond acceptors (Lipinski definition) is 3. The number of hydrogen-bond donors (Lipinski definition) is 1. The molecule has 0 saturated heterocycles. The molecule has 2 aromatic rings. The van der Waals surface area contributed by atoms with Gasteiger partial charge in [0, 0.05) is 18.9 Å². The topological polar surface area (TPSA) is 52.9 Å². The molecule has 1 aliphatic heterocycles. The van der Waals surface area contributed by atoms with Gasteiger partial charge < -0.3 is 5.11 Å². The molecule has 3 rings (SSSR count). The Morgan fingerprint density at radius 3 is 2.21 bits per heavy atom. The van der Waals surface area contributed by atoms with Crippen molar-refractivity contribution in [3.8, 4) is 0 Å². The number of halogens is 2. The molecule has 0 spiro atoms. The minimum Gasteiger partial charge on any atom is -0.364 e. The van der Waals surface area contributed by atoms with E-state index in [0.29, 0.717) is 17.5 Å². The second kappa shape index (κ2) is 5.79. The zero-order valence-corrected chi connectivity index (χ0v) is 13.0. The van der Waals surface area contributed by atoms with Gasteiger partial charge in [-0.05, 0) is 17.7 Å². The Kier molecular flexibility index (Phi) is 3.93. The Hall–Kier alpha value is -2.60. The van der Waals surface area contributed by atoms with Crippen molar-refractivity contribution >= 4 is 11.6 Å². The Balaban J connectivity index is 2.05. The molecule has 0 bridgehead atoms. The van der Waals surface area contributed by atoms with Crippen molar-refractivity contribution in [3.05, 3.63) is 71.8 Å². The number of aliphatic hydroxyl groups is 1. The lowest BCUT2D eigenvalue weighted by Gasteiger charge is -2.35. The van der Waals surface area contributed by atoms with Crippen LogP contribution in [0.15, 0.2) is 65.8 Å². The summed E-state index contributed by atoms with van der Waals surface area (Å²) in [7, 11) is 0. The van der Waals surface area contributed by atoms with Gasteiger partial charge in [-0.1, -0.05) is 48.5 Å². The first-order chi connectivity index (χ1) is 11.3. The molecule has 0 saturated carbocycles. The van der Waals surface area contributed by atoms with Crippen molar-refractivity contribution in [3.63, 3.8) is 0 Å². The Labute approximate surface area is 138 Å². The highest BCUT2D eigenvalue weighted by molar-refractivity contribution is 6.05. The van der Waals surface area contributed by atoms with E-state index in [1.54, 1.807) is 48.5 Å². The molecule has 0 fully saturated rings. The van der Waals surface area contributed by atoms with Gasteiger partial charge in [-0.3, -0.25) is 4.79 Å². The highest BCUT2D eigenvalue weighted by Gasteiger charge is 2.59. The summed E-state index contributed by atoms with van der Waals surface area (Å²) in [6, 6.07) is 16.6. The first kappa shape index (κ1) is 16.3. The largest absolute Gasteiger partial charge is 0.364 e. The average molecular weight is 330 g/mol. The van der Waals surface area contributed by atoms with Crippen LogP contribution in [0.3, 0.4) is 0 Å².